The zero-order valence-electron chi connectivity index (χ0n) is 6.64. The summed E-state index contributed by atoms with van der Waals surface area (Å²) in [5, 5.41) is -0.610. The summed E-state index contributed by atoms with van der Waals surface area (Å²) in [6.07, 6.45) is 0.982. The van der Waals surface area contributed by atoms with E-state index < -0.39 is 5.30 Å². The summed E-state index contributed by atoms with van der Waals surface area (Å²) in [5.74, 6) is 0. The fourth-order valence-corrected chi connectivity index (χ4v) is 0.415. The third-order valence-corrected chi connectivity index (χ3v) is 1.66. The van der Waals surface area contributed by atoms with Gasteiger partial charge in [0.05, 0.1) is 6.61 Å². The highest BCUT2D eigenvalue weighted by Crippen LogP contribution is 2.19. The molecule has 1 radical (unpaired) electrons. The second-order valence-electron chi connectivity index (χ2n) is 3.06. The van der Waals surface area contributed by atoms with Gasteiger partial charge in [0.1, 0.15) is 0 Å². The molecule has 3 heteroatoms. The molecule has 59 valence electrons. The van der Waals surface area contributed by atoms with E-state index >= 15 is 0 Å². The van der Waals surface area contributed by atoms with Gasteiger partial charge in [0.15, 0.2) is 0 Å². The molecule has 0 aromatic carbocycles. The van der Waals surface area contributed by atoms with Gasteiger partial charge in [-0.1, -0.05) is 20.8 Å². The number of carbonyl (C=O) groups excluding carboxylic acids is 1. The van der Waals surface area contributed by atoms with Crippen LogP contribution in [0.4, 0.5) is 4.79 Å². The molecule has 0 N–H and O–H groups in total. The van der Waals surface area contributed by atoms with Crippen molar-refractivity contribution in [2.24, 2.45) is 5.41 Å². The van der Waals surface area contributed by atoms with Gasteiger partial charge in [-0.05, 0) is 11.8 Å². The van der Waals surface area contributed by atoms with Gasteiger partial charge in [-0.25, -0.2) is 4.79 Å². The second kappa shape index (κ2) is 3.76. The summed E-state index contributed by atoms with van der Waals surface area (Å²) in [5.41, 5.74) is 0.0640. The number of ether oxygens (including phenoxy) is 1. The van der Waals surface area contributed by atoms with Crippen molar-refractivity contribution in [3.8, 4) is 0 Å². The Hall–Kier alpha value is -0.310. The van der Waals surface area contributed by atoms with Crippen molar-refractivity contribution in [3.05, 3.63) is 0 Å². The lowest BCUT2D eigenvalue weighted by Gasteiger charge is -2.20. The van der Waals surface area contributed by atoms with Crippen LogP contribution in [0, 0.1) is 5.41 Å². The van der Waals surface area contributed by atoms with Crippen molar-refractivity contribution >= 4 is 17.9 Å². The third kappa shape index (κ3) is 4.56. The van der Waals surface area contributed by atoms with Crippen molar-refractivity contribution in [1.29, 1.82) is 0 Å². The maximum absolute atomic E-state index is 10.2. The van der Waals surface area contributed by atoms with Crippen LogP contribution in [-0.4, -0.2) is 11.9 Å². The summed E-state index contributed by atoms with van der Waals surface area (Å²) >= 11 is 4.23. The Balaban J connectivity index is 3.56. The van der Waals surface area contributed by atoms with Crippen molar-refractivity contribution < 1.29 is 9.53 Å². The summed E-state index contributed by atoms with van der Waals surface area (Å²) in [7, 11) is 0. The van der Waals surface area contributed by atoms with Crippen molar-refractivity contribution in [2.75, 3.05) is 6.61 Å². The number of hydrogen-bond donors (Lipinski definition) is 0. The smallest absolute Gasteiger partial charge is 0.400 e. The van der Waals surface area contributed by atoms with Gasteiger partial charge in [-0.3, -0.25) is 0 Å². The summed E-state index contributed by atoms with van der Waals surface area (Å²) in [4.78, 5) is 10.2. The van der Waals surface area contributed by atoms with Gasteiger partial charge in [-0.15, -0.1) is 0 Å². The largest absolute Gasteiger partial charge is 0.454 e. The third-order valence-electron chi connectivity index (χ3n) is 1.54. The Morgan fingerprint density at radius 3 is 2.40 bits per heavy atom. The Bertz CT molecular complexity index is 121. The minimum absolute atomic E-state index is 0.0640. The molecule has 0 amide bonds. The van der Waals surface area contributed by atoms with Gasteiger partial charge >= 0.3 is 5.30 Å². The minimum Gasteiger partial charge on any atom is -0.454 e. The first-order valence-electron chi connectivity index (χ1n) is 3.32. The molecule has 0 unspecified atom stereocenters. The first-order valence-corrected chi connectivity index (χ1v) is 3.72. The van der Waals surface area contributed by atoms with E-state index in [1.165, 1.54) is 0 Å². The van der Waals surface area contributed by atoms with Crippen molar-refractivity contribution in [2.45, 2.75) is 27.2 Å². The van der Waals surface area contributed by atoms with Gasteiger partial charge in [-0.2, -0.15) is 0 Å². The summed E-state index contributed by atoms with van der Waals surface area (Å²) in [6.45, 7) is 6.54. The lowest BCUT2D eigenvalue weighted by molar-refractivity contribution is 0.118. The second-order valence-corrected chi connectivity index (χ2v) is 3.39. The molecule has 0 atom stereocenters. The fraction of sp³-hybridized carbons (Fsp3) is 0.857. The van der Waals surface area contributed by atoms with E-state index in [1.807, 2.05) is 13.8 Å². The van der Waals surface area contributed by atoms with Crippen molar-refractivity contribution in [3.63, 3.8) is 0 Å². The van der Waals surface area contributed by atoms with Crippen LogP contribution in [0.1, 0.15) is 27.2 Å². The molecule has 0 bridgehead atoms. The predicted octanol–water partition coefficient (Wildman–Crippen LogP) is 2.76. The maximum atomic E-state index is 10.2. The van der Waals surface area contributed by atoms with Crippen LogP contribution >= 0.6 is 12.6 Å². The lowest BCUT2D eigenvalue weighted by Crippen LogP contribution is -2.18. The molecule has 10 heavy (non-hydrogen) atoms. The Morgan fingerprint density at radius 2 is 2.10 bits per heavy atom. The van der Waals surface area contributed by atoms with Gasteiger partial charge in [0, 0.05) is 12.6 Å². The summed E-state index contributed by atoms with van der Waals surface area (Å²) < 4.78 is 4.67. The Labute approximate surface area is 67.4 Å². The van der Waals surface area contributed by atoms with Gasteiger partial charge in [0.2, 0.25) is 0 Å². The zero-order valence-corrected chi connectivity index (χ0v) is 7.46. The molecule has 0 rings (SSSR count). The number of carbonyl (C=O) groups is 1. The molecule has 0 aliphatic heterocycles. The molecule has 0 saturated heterocycles. The molecule has 0 aliphatic carbocycles. The molecule has 0 spiro atoms. The maximum Gasteiger partial charge on any atom is 0.400 e. The molecule has 2 nitrogen and oxygen atoms in total. The van der Waals surface area contributed by atoms with Crippen LogP contribution in [0.25, 0.3) is 0 Å². The molecular weight excluding hydrogens is 148 g/mol. The Morgan fingerprint density at radius 1 is 1.60 bits per heavy atom. The molecular formula is C7H13O2S. The van der Waals surface area contributed by atoms with Crippen LogP contribution in [0.15, 0.2) is 0 Å². The molecule has 0 aromatic heterocycles. The van der Waals surface area contributed by atoms with E-state index in [9.17, 15) is 4.79 Å². The normalized spacial score (nSPS) is 11.1. The van der Waals surface area contributed by atoms with E-state index in [-0.39, 0.29) is 5.41 Å². The molecule has 0 aromatic rings. The van der Waals surface area contributed by atoms with E-state index in [0.29, 0.717) is 6.61 Å². The first-order chi connectivity index (χ1) is 4.48. The lowest BCUT2D eigenvalue weighted by atomic mass is 9.92. The standard InChI is InChI=1S/C7H13O2S/c1-4-7(2,3)5-9-6(8)10/h4-5H2,1-3H3. The molecule has 0 heterocycles. The molecule has 0 aliphatic rings. The summed E-state index contributed by atoms with van der Waals surface area (Å²) in [6, 6.07) is 0. The van der Waals surface area contributed by atoms with Gasteiger partial charge < -0.3 is 4.74 Å². The topological polar surface area (TPSA) is 26.3 Å². The minimum atomic E-state index is -0.610. The first kappa shape index (κ1) is 9.69. The van der Waals surface area contributed by atoms with Crippen LogP contribution in [0.2, 0.25) is 0 Å². The quantitative estimate of drug-likeness (QED) is 0.595. The van der Waals surface area contributed by atoms with E-state index in [1.54, 1.807) is 0 Å². The molecule has 0 fully saturated rings. The van der Waals surface area contributed by atoms with Crippen molar-refractivity contribution in [1.82, 2.24) is 0 Å². The molecule has 0 saturated carbocycles. The Kier molecular flexibility index (Phi) is 3.64. The highest BCUT2D eigenvalue weighted by molar-refractivity contribution is 7.96. The predicted molar refractivity (Wildman–Crippen MR) is 43.0 cm³/mol. The highest BCUT2D eigenvalue weighted by atomic mass is 32.1. The number of rotatable bonds is 3. The van der Waals surface area contributed by atoms with Crippen LogP contribution in [0.5, 0.6) is 0 Å². The van der Waals surface area contributed by atoms with Gasteiger partial charge in [0.25, 0.3) is 0 Å². The monoisotopic (exact) mass is 161 g/mol. The van der Waals surface area contributed by atoms with Crippen LogP contribution < -0.4 is 0 Å². The number of hydrogen-bond acceptors (Lipinski definition) is 2. The van der Waals surface area contributed by atoms with E-state index in [2.05, 4.69) is 24.3 Å². The average molecular weight is 161 g/mol. The highest BCUT2D eigenvalue weighted by Gasteiger charge is 2.16. The fourth-order valence-electron chi connectivity index (χ4n) is 0.356. The van der Waals surface area contributed by atoms with Crippen LogP contribution in [0.3, 0.4) is 0 Å². The van der Waals surface area contributed by atoms with E-state index in [4.69, 9.17) is 0 Å². The average Bonchev–Trinajstić information content (AvgIpc) is 1.85. The zero-order chi connectivity index (χ0) is 8.20. The SMILES string of the molecule is CCC(C)(C)COC(=O)[S]. The van der Waals surface area contributed by atoms with Crippen LogP contribution in [-0.2, 0) is 4.74 Å². The van der Waals surface area contributed by atoms with E-state index in [0.717, 1.165) is 6.42 Å².